The van der Waals surface area contributed by atoms with Gasteiger partial charge in [0.1, 0.15) is 5.75 Å². The Hall–Kier alpha value is -3.45. The summed E-state index contributed by atoms with van der Waals surface area (Å²) in [6, 6.07) is 15.1. The van der Waals surface area contributed by atoms with E-state index < -0.39 is 0 Å². The number of anilines is 4. The van der Waals surface area contributed by atoms with E-state index in [0.29, 0.717) is 22.5 Å². The summed E-state index contributed by atoms with van der Waals surface area (Å²) in [5.74, 6) is 1.49. The number of ether oxygens (including phenoxy) is 1. The predicted octanol–water partition coefficient (Wildman–Crippen LogP) is 4.57. The number of hydrogen-bond acceptors (Lipinski definition) is 7. The second-order valence-electron chi connectivity index (χ2n) is 5.65. The van der Waals surface area contributed by atoms with E-state index in [1.807, 2.05) is 36.4 Å². The van der Waals surface area contributed by atoms with E-state index >= 15 is 0 Å². The minimum absolute atomic E-state index is 0.359. The highest BCUT2D eigenvalue weighted by Gasteiger charge is 2.07. The molecule has 27 heavy (non-hydrogen) atoms. The van der Waals surface area contributed by atoms with Crippen LogP contribution in [0.4, 0.5) is 23.1 Å². The van der Waals surface area contributed by atoms with Crippen molar-refractivity contribution in [3.05, 3.63) is 65.9 Å². The van der Waals surface area contributed by atoms with Gasteiger partial charge in [0, 0.05) is 17.3 Å². The Bertz CT molecular complexity index is 1100. The van der Waals surface area contributed by atoms with Crippen molar-refractivity contribution in [2.45, 2.75) is 0 Å². The molecule has 4 aromatic rings. The van der Waals surface area contributed by atoms with Crippen molar-refractivity contribution in [3.8, 4) is 5.75 Å². The maximum Gasteiger partial charge on any atom is 0.249 e. The first-order chi connectivity index (χ1) is 13.2. The summed E-state index contributed by atoms with van der Waals surface area (Å²) in [5, 5.41) is 15.9. The largest absolute Gasteiger partial charge is 0.495 e. The van der Waals surface area contributed by atoms with Crippen LogP contribution in [0.1, 0.15) is 0 Å². The Morgan fingerprint density at radius 3 is 2.78 bits per heavy atom. The smallest absolute Gasteiger partial charge is 0.249 e. The first kappa shape index (κ1) is 17.0. The lowest BCUT2D eigenvalue weighted by Crippen LogP contribution is -2.03. The highest BCUT2D eigenvalue weighted by molar-refractivity contribution is 6.32. The predicted molar refractivity (Wildman–Crippen MR) is 106 cm³/mol. The quantitative estimate of drug-likeness (QED) is 0.526. The third-order valence-electron chi connectivity index (χ3n) is 3.86. The van der Waals surface area contributed by atoms with Gasteiger partial charge in [-0.05, 0) is 30.3 Å². The molecule has 2 aromatic heterocycles. The number of pyridine rings is 1. The van der Waals surface area contributed by atoms with Gasteiger partial charge in [-0.2, -0.15) is 10.1 Å². The summed E-state index contributed by atoms with van der Waals surface area (Å²) in [4.78, 5) is 8.86. The van der Waals surface area contributed by atoms with E-state index in [9.17, 15) is 0 Å². The lowest BCUT2D eigenvalue weighted by atomic mass is 10.2. The van der Waals surface area contributed by atoms with E-state index in [0.717, 1.165) is 22.3 Å². The summed E-state index contributed by atoms with van der Waals surface area (Å²) in [5.41, 5.74) is 2.41. The number of hydrogen-bond donors (Lipinski definition) is 2. The molecule has 8 heteroatoms. The van der Waals surface area contributed by atoms with Crippen LogP contribution >= 0.6 is 11.6 Å². The third kappa shape index (κ3) is 3.73. The first-order valence-corrected chi connectivity index (χ1v) is 8.52. The Morgan fingerprint density at radius 2 is 1.93 bits per heavy atom. The topological polar surface area (TPSA) is 84.9 Å². The van der Waals surface area contributed by atoms with Crippen LogP contribution in [0.15, 0.2) is 60.9 Å². The van der Waals surface area contributed by atoms with Crippen LogP contribution in [0.5, 0.6) is 5.75 Å². The van der Waals surface area contributed by atoms with Gasteiger partial charge < -0.3 is 15.4 Å². The molecule has 0 fully saturated rings. The van der Waals surface area contributed by atoms with Gasteiger partial charge in [-0.3, -0.25) is 4.98 Å². The highest BCUT2D eigenvalue weighted by Crippen LogP contribution is 2.28. The molecule has 0 saturated heterocycles. The lowest BCUT2D eigenvalue weighted by Gasteiger charge is -2.10. The summed E-state index contributed by atoms with van der Waals surface area (Å²) in [7, 11) is 1.57. The molecule has 0 radical (unpaired) electrons. The first-order valence-electron chi connectivity index (χ1n) is 8.14. The van der Waals surface area contributed by atoms with Gasteiger partial charge in [-0.25, -0.2) is 0 Å². The molecule has 0 saturated carbocycles. The Labute approximate surface area is 160 Å². The number of nitrogens with zero attached hydrogens (tertiary/aromatic N) is 4. The summed E-state index contributed by atoms with van der Waals surface area (Å²) >= 11 is 6.16. The van der Waals surface area contributed by atoms with Crippen LogP contribution in [-0.4, -0.2) is 27.3 Å². The van der Waals surface area contributed by atoms with E-state index in [4.69, 9.17) is 16.3 Å². The summed E-state index contributed by atoms with van der Waals surface area (Å²) < 4.78 is 5.16. The molecule has 0 bridgehead atoms. The molecular weight excluding hydrogens is 364 g/mol. The molecule has 2 aromatic carbocycles. The fourth-order valence-corrected chi connectivity index (χ4v) is 2.89. The lowest BCUT2D eigenvalue weighted by molar-refractivity contribution is 0.415. The van der Waals surface area contributed by atoms with Crippen LogP contribution in [-0.2, 0) is 0 Å². The van der Waals surface area contributed by atoms with Crippen LogP contribution in [0.25, 0.3) is 10.9 Å². The second kappa shape index (κ2) is 7.43. The molecule has 0 aliphatic heterocycles. The minimum Gasteiger partial charge on any atom is -0.495 e. The van der Waals surface area contributed by atoms with Crippen molar-refractivity contribution >= 4 is 45.6 Å². The Morgan fingerprint density at radius 1 is 1.04 bits per heavy atom. The van der Waals surface area contributed by atoms with Crippen LogP contribution < -0.4 is 15.4 Å². The van der Waals surface area contributed by atoms with Crippen molar-refractivity contribution < 1.29 is 4.74 Å². The molecule has 0 aliphatic carbocycles. The number of nitrogens with one attached hydrogen (secondary N) is 2. The van der Waals surface area contributed by atoms with Crippen molar-refractivity contribution in [2.24, 2.45) is 0 Å². The molecule has 7 nitrogen and oxygen atoms in total. The molecular formula is C19H15ClN6O. The number of fused-ring (bicyclic) bond motifs is 1. The standard InChI is InChI=1S/C19H15ClN6O/c1-27-16-8-7-13(10-14(16)20)23-17-11-22-26-19(25-17)24-15-6-2-4-12-5-3-9-21-18(12)15/h2-11H,1H3,(H2,23,24,25,26). The molecule has 134 valence electrons. The summed E-state index contributed by atoms with van der Waals surface area (Å²) in [6.45, 7) is 0. The molecule has 2 heterocycles. The summed E-state index contributed by atoms with van der Waals surface area (Å²) in [6.07, 6.45) is 3.28. The zero-order valence-corrected chi connectivity index (χ0v) is 15.1. The van der Waals surface area contributed by atoms with Gasteiger partial charge >= 0.3 is 0 Å². The second-order valence-corrected chi connectivity index (χ2v) is 6.05. The molecule has 0 spiro atoms. The average Bonchev–Trinajstić information content (AvgIpc) is 2.69. The molecule has 0 aliphatic rings. The van der Waals surface area contributed by atoms with Crippen molar-refractivity contribution in [3.63, 3.8) is 0 Å². The van der Waals surface area contributed by atoms with Gasteiger partial charge in [0.2, 0.25) is 5.95 Å². The number of methoxy groups -OCH3 is 1. The van der Waals surface area contributed by atoms with E-state index in [1.165, 1.54) is 6.20 Å². The number of rotatable bonds is 5. The van der Waals surface area contributed by atoms with E-state index in [-0.39, 0.29) is 0 Å². The molecule has 4 rings (SSSR count). The number of para-hydroxylation sites is 1. The molecule has 0 atom stereocenters. The van der Waals surface area contributed by atoms with Gasteiger partial charge in [0.05, 0.1) is 29.5 Å². The average molecular weight is 379 g/mol. The zero-order valence-electron chi connectivity index (χ0n) is 14.3. The van der Waals surface area contributed by atoms with Gasteiger partial charge in [0.25, 0.3) is 0 Å². The Balaban J connectivity index is 1.58. The Kier molecular flexibility index (Phi) is 4.67. The SMILES string of the molecule is COc1ccc(Nc2cnnc(Nc3cccc4cccnc34)n2)cc1Cl. The van der Waals surface area contributed by atoms with Crippen molar-refractivity contribution in [1.29, 1.82) is 0 Å². The van der Waals surface area contributed by atoms with Gasteiger partial charge in [0.15, 0.2) is 5.82 Å². The van der Waals surface area contributed by atoms with Crippen LogP contribution in [0.3, 0.4) is 0 Å². The van der Waals surface area contributed by atoms with Gasteiger partial charge in [-0.15, -0.1) is 5.10 Å². The maximum absolute atomic E-state index is 6.16. The zero-order chi connectivity index (χ0) is 18.6. The number of halogens is 1. The monoisotopic (exact) mass is 378 g/mol. The van der Waals surface area contributed by atoms with E-state index in [1.54, 1.807) is 25.4 Å². The van der Waals surface area contributed by atoms with E-state index in [2.05, 4.69) is 30.8 Å². The normalized spacial score (nSPS) is 10.6. The van der Waals surface area contributed by atoms with Gasteiger partial charge in [-0.1, -0.05) is 29.8 Å². The highest BCUT2D eigenvalue weighted by atomic mass is 35.5. The third-order valence-corrected chi connectivity index (χ3v) is 4.16. The fourth-order valence-electron chi connectivity index (χ4n) is 2.63. The molecule has 0 unspecified atom stereocenters. The van der Waals surface area contributed by atoms with Crippen molar-refractivity contribution in [1.82, 2.24) is 20.2 Å². The maximum atomic E-state index is 6.16. The minimum atomic E-state index is 0.359. The van der Waals surface area contributed by atoms with Crippen molar-refractivity contribution in [2.75, 3.05) is 17.7 Å². The number of aromatic nitrogens is 4. The molecule has 2 N–H and O–H groups in total. The van der Waals surface area contributed by atoms with Crippen LogP contribution in [0.2, 0.25) is 5.02 Å². The van der Waals surface area contributed by atoms with Crippen LogP contribution in [0, 0.1) is 0 Å². The fraction of sp³-hybridized carbons (Fsp3) is 0.0526. The molecule has 0 amide bonds. The number of benzene rings is 2.